The average molecular weight is 328 g/mol. The number of nitrogens with one attached hydrogen (secondary N) is 1. The first-order valence-electron chi connectivity index (χ1n) is 7.09. The van der Waals surface area contributed by atoms with Crippen LogP contribution in [0.4, 0.5) is 0 Å². The minimum Gasteiger partial charge on any atom is -0.351 e. The van der Waals surface area contributed by atoms with Gasteiger partial charge in [0, 0.05) is 12.6 Å². The summed E-state index contributed by atoms with van der Waals surface area (Å²) >= 11 is 0. The van der Waals surface area contributed by atoms with Gasteiger partial charge in [-0.15, -0.1) is 24.8 Å². The van der Waals surface area contributed by atoms with Crippen molar-refractivity contribution in [2.75, 3.05) is 19.6 Å². The smallest absolute Gasteiger partial charge is 0.237 e. The summed E-state index contributed by atoms with van der Waals surface area (Å²) in [7, 11) is 0. The number of nitrogens with two attached hydrogens (primary N) is 1. The van der Waals surface area contributed by atoms with Crippen molar-refractivity contribution in [3.63, 3.8) is 0 Å². The Morgan fingerprint density at radius 2 is 1.70 bits per heavy atom. The summed E-state index contributed by atoms with van der Waals surface area (Å²) in [6, 6.07) is -0.273. The predicted octanol–water partition coefficient (Wildman–Crippen LogP) is 2.19. The molecule has 1 heterocycles. The van der Waals surface area contributed by atoms with Crippen LogP contribution in [0.5, 0.6) is 0 Å². The molecule has 0 aromatic rings. The normalized spacial score (nSPS) is 19.2. The molecule has 0 aromatic heterocycles. The van der Waals surface area contributed by atoms with Crippen LogP contribution < -0.4 is 11.1 Å². The molecule has 0 aromatic carbocycles. The molecule has 122 valence electrons. The summed E-state index contributed by atoms with van der Waals surface area (Å²) in [5.74, 6) is -0.0352. The second-order valence-corrected chi connectivity index (χ2v) is 6.61. The molecule has 1 aliphatic rings. The van der Waals surface area contributed by atoms with E-state index in [1.807, 2.05) is 20.8 Å². The molecule has 1 saturated heterocycles. The van der Waals surface area contributed by atoms with Crippen molar-refractivity contribution in [2.45, 2.75) is 59.0 Å². The molecule has 1 aliphatic heterocycles. The van der Waals surface area contributed by atoms with Crippen molar-refractivity contribution in [1.82, 2.24) is 10.2 Å². The zero-order valence-corrected chi connectivity index (χ0v) is 14.8. The molecular formula is C14H31Cl2N3O. The van der Waals surface area contributed by atoms with Crippen molar-refractivity contribution in [1.29, 1.82) is 0 Å². The maximum Gasteiger partial charge on any atom is 0.237 e. The molecule has 3 N–H and O–H groups in total. The highest BCUT2D eigenvalue weighted by molar-refractivity contribution is 5.85. The van der Waals surface area contributed by atoms with Gasteiger partial charge in [-0.3, -0.25) is 4.79 Å². The molecule has 2 atom stereocenters. The van der Waals surface area contributed by atoms with Gasteiger partial charge in [0.05, 0.1) is 6.04 Å². The summed E-state index contributed by atoms with van der Waals surface area (Å²) in [6.07, 6.45) is 3.90. The fourth-order valence-electron chi connectivity index (χ4n) is 2.30. The number of hydrogen-bond acceptors (Lipinski definition) is 3. The third-order valence-corrected chi connectivity index (χ3v) is 3.58. The van der Waals surface area contributed by atoms with Crippen molar-refractivity contribution < 1.29 is 4.79 Å². The van der Waals surface area contributed by atoms with Gasteiger partial charge in [-0.1, -0.05) is 27.2 Å². The van der Waals surface area contributed by atoms with Crippen molar-refractivity contribution in [3.05, 3.63) is 0 Å². The summed E-state index contributed by atoms with van der Waals surface area (Å²) in [4.78, 5) is 14.4. The number of halogens is 2. The van der Waals surface area contributed by atoms with Crippen LogP contribution in [0.25, 0.3) is 0 Å². The number of rotatable bonds is 4. The fraction of sp³-hybridized carbons (Fsp3) is 0.929. The second-order valence-electron chi connectivity index (χ2n) is 6.61. The Hall–Kier alpha value is -0.0300. The molecular weight excluding hydrogens is 297 g/mol. The standard InChI is InChI=1S/C14H29N3O.2ClH/c1-11(10-17-8-6-5-7-9-17)16-13(18)12(15)14(2,3)4;;/h11-12H,5-10,15H2,1-4H3,(H,16,18);2*1H/t11?,12-;;/m1../s1. The highest BCUT2D eigenvalue weighted by Gasteiger charge is 2.28. The predicted molar refractivity (Wildman–Crippen MR) is 89.8 cm³/mol. The van der Waals surface area contributed by atoms with Gasteiger partial charge in [-0.25, -0.2) is 0 Å². The molecule has 4 nitrogen and oxygen atoms in total. The maximum atomic E-state index is 12.0. The molecule has 0 saturated carbocycles. The SMILES string of the molecule is CC(CN1CCCCC1)NC(=O)[C@@H](N)C(C)(C)C.Cl.Cl. The first-order valence-corrected chi connectivity index (χ1v) is 7.09. The van der Waals surface area contributed by atoms with E-state index in [1.54, 1.807) is 0 Å². The molecule has 0 aliphatic carbocycles. The van der Waals surface area contributed by atoms with Crippen LogP contribution in [-0.2, 0) is 4.79 Å². The summed E-state index contributed by atoms with van der Waals surface area (Å²) in [6.45, 7) is 11.3. The Morgan fingerprint density at radius 3 is 2.15 bits per heavy atom. The molecule has 1 unspecified atom stereocenters. The summed E-state index contributed by atoms with van der Waals surface area (Å²) in [5.41, 5.74) is 5.76. The highest BCUT2D eigenvalue weighted by Crippen LogP contribution is 2.17. The van der Waals surface area contributed by atoms with Gasteiger partial charge >= 0.3 is 0 Å². The van der Waals surface area contributed by atoms with E-state index in [0.717, 1.165) is 19.6 Å². The van der Waals surface area contributed by atoms with Gasteiger partial charge in [-0.2, -0.15) is 0 Å². The fourth-order valence-corrected chi connectivity index (χ4v) is 2.30. The zero-order valence-electron chi connectivity index (χ0n) is 13.1. The molecule has 1 amide bonds. The third kappa shape index (κ3) is 7.67. The van der Waals surface area contributed by atoms with E-state index >= 15 is 0 Å². The topological polar surface area (TPSA) is 58.4 Å². The lowest BCUT2D eigenvalue weighted by Crippen LogP contribution is -2.53. The third-order valence-electron chi connectivity index (χ3n) is 3.58. The number of amides is 1. The van der Waals surface area contributed by atoms with E-state index in [1.165, 1.54) is 19.3 Å². The van der Waals surface area contributed by atoms with Gasteiger partial charge in [0.2, 0.25) is 5.91 Å². The van der Waals surface area contributed by atoms with Gasteiger partial charge in [0.15, 0.2) is 0 Å². The van der Waals surface area contributed by atoms with Crippen LogP contribution >= 0.6 is 24.8 Å². The monoisotopic (exact) mass is 327 g/mol. The Morgan fingerprint density at radius 1 is 1.20 bits per heavy atom. The van der Waals surface area contributed by atoms with Crippen LogP contribution in [0.2, 0.25) is 0 Å². The largest absolute Gasteiger partial charge is 0.351 e. The van der Waals surface area contributed by atoms with Crippen LogP contribution in [0, 0.1) is 5.41 Å². The minimum atomic E-state index is -0.443. The van der Waals surface area contributed by atoms with E-state index in [9.17, 15) is 4.79 Å². The van der Waals surface area contributed by atoms with E-state index in [0.29, 0.717) is 0 Å². The minimum absolute atomic E-state index is 0. The van der Waals surface area contributed by atoms with E-state index in [4.69, 9.17) is 5.73 Å². The van der Waals surface area contributed by atoms with Gasteiger partial charge in [-0.05, 0) is 38.3 Å². The number of carbonyl (C=O) groups is 1. The van der Waals surface area contributed by atoms with Crippen LogP contribution in [0.3, 0.4) is 0 Å². The van der Waals surface area contributed by atoms with Crippen LogP contribution in [0.1, 0.15) is 47.0 Å². The first-order chi connectivity index (χ1) is 8.30. The Labute approximate surface area is 136 Å². The van der Waals surface area contributed by atoms with Crippen molar-refractivity contribution in [2.24, 2.45) is 11.1 Å². The van der Waals surface area contributed by atoms with Gasteiger partial charge < -0.3 is 16.0 Å². The van der Waals surface area contributed by atoms with Gasteiger partial charge in [0.25, 0.3) is 0 Å². The molecule has 1 fully saturated rings. The summed E-state index contributed by atoms with van der Waals surface area (Å²) < 4.78 is 0. The molecule has 0 radical (unpaired) electrons. The quantitative estimate of drug-likeness (QED) is 0.832. The number of hydrogen-bond donors (Lipinski definition) is 2. The molecule has 0 spiro atoms. The lowest BCUT2D eigenvalue weighted by molar-refractivity contribution is -0.125. The number of likely N-dealkylation sites (tertiary alicyclic amines) is 1. The Bertz CT molecular complexity index is 276. The molecule has 0 bridgehead atoms. The summed E-state index contributed by atoms with van der Waals surface area (Å²) in [5, 5.41) is 3.03. The first kappa shape index (κ1) is 22.3. The number of carbonyl (C=O) groups excluding carboxylic acids is 1. The van der Waals surface area contributed by atoms with Crippen LogP contribution in [0.15, 0.2) is 0 Å². The molecule has 6 heteroatoms. The van der Waals surface area contributed by atoms with Crippen LogP contribution in [-0.4, -0.2) is 42.5 Å². The molecule has 20 heavy (non-hydrogen) atoms. The van der Waals surface area contributed by atoms with Gasteiger partial charge in [0.1, 0.15) is 0 Å². The number of piperidine rings is 1. The Balaban J connectivity index is 0. The van der Waals surface area contributed by atoms with Crippen molar-refractivity contribution in [3.8, 4) is 0 Å². The van der Waals surface area contributed by atoms with E-state index < -0.39 is 6.04 Å². The number of nitrogens with zero attached hydrogens (tertiary/aromatic N) is 1. The maximum absolute atomic E-state index is 12.0. The van der Waals surface area contributed by atoms with E-state index in [2.05, 4.69) is 17.1 Å². The lowest BCUT2D eigenvalue weighted by Gasteiger charge is -2.31. The van der Waals surface area contributed by atoms with Crippen molar-refractivity contribution >= 4 is 30.7 Å². The average Bonchev–Trinajstić information content (AvgIpc) is 2.27. The lowest BCUT2D eigenvalue weighted by atomic mass is 9.87. The molecule has 1 rings (SSSR count). The zero-order chi connectivity index (χ0) is 13.8. The highest BCUT2D eigenvalue weighted by atomic mass is 35.5. The van der Waals surface area contributed by atoms with E-state index in [-0.39, 0.29) is 42.2 Å². The second kappa shape index (κ2) is 9.82. The Kier molecular flexibility index (Phi) is 10.9.